The third-order valence-corrected chi connectivity index (χ3v) is 5.95. The van der Waals surface area contributed by atoms with Crippen molar-refractivity contribution < 1.29 is 14.3 Å². The number of nitrogens with one attached hydrogen (secondary N) is 2. The van der Waals surface area contributed by atoms with E-state index in [4.69, 9.17) is 4.74 Å². The molecule has 2 amide bonds. The van der Waals surface area contributed by atoms with Crippen LogP contribution in [-0.2, 0) is 9.53 Å². The summed E-state index contributed by atoms with van der Waals surface area (Å²) in [5.74, 6) is 1.33. The van der Waals surface area contributed by atoms with Crippen LogP contribution in [0.3, 0.4) is 0 Å². The first-order chi connectivity index (χ1) is 16.6. The van der Waals surface area contributed by atoms with Crippen molar-refractivity contribution in [3.05, 3.63) is 89.2 Å². The molecule has 1 saturated carbocycles. The number of amides is 2. The van der Waals surface area contributed by atoms with E-state index in [9.17, 15) is 9.59 Å². The molecule has 0 atom stereocenters. The average Bonchev–Trinajstić information content (AvgIpc) is 3.61. The molecule has 35 heavy (non-hydrogen) atoms. The van der Waals surface area contributed by atoms with Gasteiger partial charge in [-0.1, -0.05) is 57.7 Å². The third kappa shape index (κ3) is 6.72. The lowest BCUT2D eigenvalue weighted by atomic mass is 9.92. The molecule has 182 valence electrons. The van der Waals surface area contributed by atoms with Gasteiger partial charge in [0, 0.05) is 23.6 Å². The summed E-state index contributed by atoms with van der Waals surface area (Å²) < 4.78 is 6.08. The predicted molar refractivity (Wildman–Crippen MR) is 140 cm³/mol. The van der Waals surface area contributed by atoms with Crippen molar-refractivity contribution in [2.24, 2.45) is 5.41 Å². The fourth-order valence-electron chi connectivity index (χ4n) is 3.96. The van der Waals surface area contributed by atoms with Crippen LogP contribution in [0.1, 0.15) is 61.5 Å². The Labute approximate surface area is 208 Å². The second kappa shape index (κ2) is 9.95. The zero-order valence-corrected chi connectivity index (χ0v) is 21.0. The highest BCUT2D eigenvalue weighted by Crippen LogP contribution is 2.30. The van der Waals surface area contributed by atoms with Crippen LogP contribution in [0.25, 0.3) is 16.9 Å². The van der Waals surface area contributed by atoms with E-state index < -0.39 is 0 Å². The van der Waals surface area contributed by atoms with Crippen LogP contribution in [0.15, 0.2) is 72.5 Å². The van der Waals surface area contributed by atoms with Crippen molar-refractivity contribution in [3.63, 3.8) is 0 Å². The van der Waals surface area contributed by atoms with Gasteiger partial charge >= 0.3 is 0 Å². The van der Waals surface area contributed by atoms with E-state index in [0.29, 0.717) is 36.1 Å². The van der Waals surface area contributed by atoms with Crippen LogP contribution in [0.5, 0.6) is 0 Å². The van der Waals surface area contributed by atoms with Crippen molar-refractivity contribution in [1.82, 2.24) is 10.6 Å². The van der Waals surface area contributed by atoms with E-state index >= 15 is 0 Å². The van der Waals surface area contributed by atoms with Gasteiger partial charge in [0.2, 0.25) is 5.91 Å². The number of rotatable bonds is 7. The summed E-state index contributed by atoms with van der Waals surface area (Å²) >= 11 is 0. The number of benzene rings is 2. The largest absolute Gasteiger partial charge is 0.459 e. The van der Waals surface area contributed by atoms with Gasteiger partial charge in [-0.15, -0.1) is 0 Å². The fraction of sp³-hybridized carbons (Fsp3) is 0.333. The van der Waals surface area contributed by atoms with Gasteiger partial charge in [-0.25, -0.2) is 0 Å². The van der Waals surface area contributed by atoms with Crippen LogP contribution in [0.2, 0.25) is 0 Å². The molecule has 0 radical (unpaired) electrons. The van der Waals surface area contributed by atoms with Crippen molar-refractivity contribution in [2.45, 2.75) is 53.0 Å². The van der Waals surface area contributed by atoms with Crippen LogP contribution < -0.4 is 10.6 Å². The van der Waals surface area contributed by atoms with E-state index in [1.807, 2.05) is 82.3 Å². The number of ether oxygens (including phenoxy) is 1. The molecule has 5 nitrogen and oxygen atoms in total. The maximum atomic E-state index is 12.5. The van der Waals surface area contributed by atoms with E-state index in [-0.39, 0.29) is 17.2 Å². The zero-order chi connectivity index (χ0) is 25.2. The average molecular weight is 471 g/mol. The molecule has 0 saturated heterocycles. The molecule has 0 unspecified atom stereocenters. The lowest BCUT2D eigenvalue weighted by molar-refractivity contribution is -0.122. The Bertz CT molecular complexity index is 1210. The van der Waals surface area contributed by atoms with Crippen molar-refractivity contribution in [2.75, 3.05) is 6.54 Å². The van der Waals surface area contributed by atoms with E-state index in [2.05, 4.69) is 17.2 Å². The first-order valence-corrected chi connectivity index (χ1v) is 12.2. The molecule has 1 aliphatic heterocycles. The predicted octanol–water partition coefficient (Wildman–Crippen LogP) is 5.92. The minimum absolute atomic E-state index is 0.00326. The Hall–Kier alpha value is -3.60. The van der Waals surface area contributed by atoms with Gasteiger partial charge in [-0.3, -0.25) is 9.59 Å². The minimum Gasteiger partial charge on any atom is -0.459 e. The van der Waals surface area contributed by atoms with Gasteiger partial charge in [0.15, 0.2) is 0 Å². The summed E-state index contributed by atoms with van der Waals surface area (Å²) in [7, 11) is 0. The summed E-state index contributed by atoms with van der Waals surface area (Å²) in [6, 6.07) is 14.3. The molecule has 0 bridgehead atoms. The van der Waals surface area contributed by atoms with Gasteiger partial charge in [-0.05, 0) is 71.7 Å². The minimum atomic E-state index is -0.0683. The van der Waals surface area contributed by atoms with Gasteiger partial charge in [0.25, 0.3) is 5.91 Å². The maximum Gasteiger partial charge on any atom is 0.251 e. The number of hydrogen-bond acceptors (Lipinski definition) is 3. The standard InChI is InChI=1S/C30H34N2O3/c1-19-14-25(18-31-28(33)17-30(3,4)5)35-27(15-19)22-10-8-21(9-11-22)26-16-23(7-6-20(26)2)29(34)32-24-12-13-24/h6-11,14-16,24H,1,12-13,17-18H2,2-5H3,(H,31,33)(H,32,34). The molecule has 0 aromatic heterocycles. The normalized spacial score (nSPS) is 15.6. The van der Waals surface area contributed by atoms with Gasteiger partial charge in [0.1, 0.15) is 11.5 Å². The van der Waals surface area contributed by atoms with E-state index in [0.717, 1.165) is 40.7 Å². The second-order valence-electron chi connectivity index (χ2n) is 10.7. The first kappa shape index (κ1) is 24.5. The highest BCUT2D eigenvalue weighted by atomic mass is 16.5. The Morgan fingerprint density at radius 1 is 1.03 bits per heavy atom. The molecular formula is C30H34N2O3. The van der Waals surface area contributed by atoms with E-state index in [1.54, 1.807) is 0 Å². The Morgan fingerprint density at radius 2 is 1.71 bits per heavy atom. The van der Waals surface area contributed by atoms with Crippen LogP contribution >= 0.6 is 0 Å². The van der Waals surface area contributed by atoms with Crippen molar-refractivity contribution >= 4 is 17.6 Å². The molecule has 1 aliphatic carbocycles. The smallest absolute Gasteiger partial charge is 0.251 e. The molecular weight excluding hydrogens is 436 g/mol. The molecule has 2 aromatic rings. The van der Waals surface area contributed by atoms with Gasteiger partial charge in [-0.2, -0.15) is 0 Å². The molecule has 4 rings (SSSR count). The summed E-state index contributed by atoms with van der Waals surface area (Å²) in [5, 5.41) is 5.99. The molecule has 2 N–H and O–H groups in total. The third-order valence-electron chi connectivity index (χ3n) is 5.95. The van der Waals surface area contributed by atoms with Crippen LogP contribution in [-0.4, -0.2) is 24.4 Å². The van der Waals surface area contributed by atoms with Crippen molar-refractivity contribution in [3.8, 4) is 11.1 Å². The SMILES string of the molecule is C=C1C=C(CNC(=O)CC(C)(C)C)OC(c2ccc(-c3cc(C(=O)NC4CC4)ccc3C)cc2)=C1. The molecule has 1 heterocycles. The molecule has 5 heteroatoms. The summed E-state index contributed by atoms with van der Waals surface area (Å²) in [6.45, 7) is 12.6. The van der Waals surface area contributed by atoms with Gasteiger partial charge < -0.3 is 15.4 Å². The van der Waals surface area contributed by atoms with Crippen molar-refractivity contribution in [1.29, 1.82) is 0 Å². The Balaban J connectivity index is 1.44. The van der Waals surface area contributed by atoms with Crippen LogP contribution in [0.4, 0.5) is 0 Å². The fourth-order valence-corrected chi connectivity index (χ4v) is 3.96. The Kier molecular flexibility index (Phi) is 6.97. The van der Waals surface area contributed by atoms with Crippen LogP contribution in [0, 0.1) is 12.3 Å². The number of carbonyl (C=O) groups excluding carboxylic acids is 2. The quantitative estimate of drug-likeness (QED) is 0.528. The summed E-state index contributed by atoms with van der Waals surface area (Å²) in [4.78, 5) is 24.7. The number of carbonyl (C=O) groups is 2. The highest BCUT2D eigenvalue weighted by Gasteiger charge is 2.24. The molecule has 2 aromatic carbocycles. The number of aryl methyl sites for hydroxylation is 1. The monoisotopic (exact) mass is 470 g/mol. The molecule has 1 fully saturated rings. The highest BCUT2D eigenvalue weighted by molar-refractivity contribution is 5.96. The molecule has 2 aliphatic rings. The number of allylic oxidation sites excluding steroid dienone is 3. The Morgan fingerprint density at radius 3 is 2.37 bits per heavy atom. The van der Waals surface area contributed by atoms with Gasteiger partial charge in [0.05, 0.1) is 6.54 Å². The maximum absolute atomic E-state index is 12.5. The second-order valence-corrected chi connectivity index (χ2v) is 10.7. The summed E-state index contributed by atoms with van der Waals surface area (Å²) in [5.41, 5.74) is 5.53. The molecule has 0 spiro atoms. The lowest BCUT2D eigenvalue weighted by Gasteiger charge is -2.21. The van der Waals surface area contributed by atoms with E-state index in [1.165, 1.54) is 0 Å². The lowest BCUT2D eigenvalue weighted by Crippen LogP contribution is -2.29. The zero-order valence-electron chi connectivity index (χ0n) is 21.0. The number of hydrogen-bond donors (Lipinski definition) is 2. The first-order valence-electron chi connectivity index (χ1n) is 12.2. The summed E-state index contributed by atoms with van der Waals surface area (Å²) in [6.07, 6.45) is 6.32. The topological polar surface area (TPSA) is 67.4 Å².